The van der Waals surface area contributed by atoms with E-state index in [1.54, 1.807) is 7.11 Å². The SMILES string of the molecule is COc1ccc2c(c1)CC(CBr)CS2. The first kappa shape index (κ1) is 10.4. The standard InChI is InChI=1S/C11H13BrOS/c1-13-10-2-3-11-9(5-10)4-8(6-12)7-14-11/h2-3,5,8H,4,6-7H2,1H3. The molecule has 0 aliphatic carbocycles. The van der Waals surface area contributed by atoms with Crippen LogP contribution in [0, 0.1) is 5.92 Å². The summed E-state index contributed by atoms with van der Waals surface area (Å²) in [6, 6.07) is 6.38. The maximum Gasteiger partial charge on any atom is 0.119 e. The van der Waals surface area contributed by atoms with E-state index in [4.69, 9.17) is 4.74 Å². The number of benzene rings is 1. The van der Waals surface area contributed by atoms with Crippen molar-refractivity contribution in [1.82, 2.24) is 0 Å². The van der Waals surface area contributed by atoms with Crippen LogP contribution in [-0.4, -0.2) is 18.2 Å². The zero-order valence-electron chi connectivity index (χ0n) is 8.13. The summed E-state index contributed by atoms with van der Waals surface area (Å²) < 4.78 is 5.23. The molecule has 1 aliphatic heterocycles. The Morgan fingerprint density at radius 1 is 1.57 bits per heavy atom. The molecule has 1 heterocycles. The summed E-state index contributed by atoms with van der Waals surface area (Å²) in [5.74, 6) is 2.96. The van der Waals surface area contributed by atoms with E-state index in [0.717, 1.165) is 17.0 Å². The Kier molecular flexibility index (Phi) is 3.39. The molecule has 0 N–H and O–H groups in total. The molecule has 0 saturated carbocycles. The number of methoxy groups -OCH3 is 1. The number of fused-ring (bicyclic) bond motifs is 1. The summed E-state index contributed by atoms with van der Waals surface area (Å²) in [5.41, 5.74) is 1.44. The summed E-state index contributed by atoms with van der Waals surface area (Å²) in [7, 11) is 1.72. The fourth-order valence-electron chi connectivity index (χ4n) is 1.66. The molecule has 76 valence electrons. The molecule has 0 saturated heterocycles. The van der Waals surface area contributed by atoms with Crippen LogP contribution >= 0.6 is 27.7 Å². The van der Waals surface area contributed by atoms with E-state index in [1.165, 1.54) is 22.6 Å². The van der Waals surface area contributed by atoms with Crippen LogP contribution in [0.25, 0.3) is 0 Å². The number of hydrogen-bond donors (Lipinski definition) is 0. The highest BCUT2D eigenvalue weighted by Gasteiger charge is 2.18. The predicted molar refractivity (Wildman–Crippen MR) is 64.7 cm³/mol. The van der Waals surface area contributed by atoms with Crippen molar-refractivity contribution in [2.24, 2.45) is 5.92 Å². The molecule has 0 fully saturated rings. The lowest BCUT2D eigenvalue weighted by molar-refractivity contribution is 0.413. The minimum absolute atomic E-state index is 0.764. The lowest BCUT2D eigenvalue weighted by Crippen LogP contribution is -2.14. The number of hydrogen-bond acceptors (Lipinski definition) is 2. The molecule has 0 spiro atoms. The molecule has 0 aromatic heterocycles. The Morgan fingerprint density at radius 2 is 2.43 bits per heavy atom. The van der Waals surface area contributed by atoms with Crippen molar-refractivity contribution in [2.45, 2.75) is 11.3 Å². The van der Waals surface area contributed by atoms with Gasteiger partial charge in [-0.15, -0.1) is 11.8 Å². The van der Waals surface area contributed by atoms with Crippen molar-refractivity contribution in [3.63, 3.8) is 0 Å². The third-order valence-electron chi connectivity index (χ3n) is 2.47. The van der Waals surface area contributed by atoms with Gasteiger partial charge < -0.3 is 4.74 Å². The Bertz CT molecular complexity index is 327. The Hall–Kier alpha value is -0.150. The van der Waals surface area contributed by atoms with Gasteiger partial charge in [0, 0.05) is 16.0 Å². The van der Waals surface area contributed by atoms with E-state index in [2.05, 4.69) is 28.1 Å². The molecule has 1 aliphatic rings. The molecule has 1 aromatic rings. The fourth-order valence-corrected chi connectivity index (χ4v) is 3.56. The minimum atomic E-state index is 0.764. The quantitative estimate of drug-likeness (QED) is 0.764. The van der Waals surface area contributed by atoms with Gasteiger partial charge in [0.05, 0.1) is 7.11 Å². The lowest BCUT2D eigenvalue weighted by atomic mass is 10.0. The predicted octanol–water partition coefficient (Wildman–Crippen LogP) is 3.35. The zero-order valence-corrected chi connectivity index (χ0v) is 10.5. The summed E-state index contributed by atoms with van der Waals surface area (Å²) in [4.78, 5) is 1.42. The maximum absolute atomic E-state index is 5.23. The van der Waals surface area contributed by atoms with Crippen LogP contribution < -0.4 is 4.74 Å². The third-order valence-corrected chi connectivity index (χ3v) is 4.73. The first-order valence-corrected chi connectivity index (χ1v) is 6.80. The molecule has 1 nitrogen and oxygen atoms in total. The number of thioether (sulfide) groups is 1. The smallest absolute Gasteiger partial charge is 0.119 e. The lowest BCUT2D eigenvalue weighted by Gasteiger charge is -2.22. The van der Waals surface area contributed by atoms with E-state index in [-0.39, 0.29) is 0 Å². The van der Waals surface area contributed by atoms with Crippen LogP contribution in [0.4, 0.5) is 0 Å². The van der Waals surface area contributed by atoms with Gasteiger partial charge in [0.1, 0.15) is 5.75 Å². The van der Waals surface area contributed by atoms with E-state index in [9.17, 15) is 0 Å². The molecule has 1 atom stereocenters. The van der Waals surface area contributed by atoms with Crippen molar-refractivity contribution in [2.75, 3.05) is 18.2 Å². The second-order valence-corrected chi connectivity index (χ2v) is 5.22. The molecule has 14 heavy (non-hydrogen) atoms. The minimum Gasteiger partial charge on any atom is -0.497 e. The number of halogens is 1. The first-order valence-electron chi connectivity index (χ1n) is 4.69. The van der Waals surface area contributed by atoms with Crippen molar-refractivity contribution < 1.29 is 4.74 Å². The Morgan fingerprint density at radius 3 is 3.14 bits per heavy atom. The second-order valence-electron chi connectivity index (χ2n) is 3.51. The molecule has 0 amide bonds. The van der Waals surface area contributed by atoms with Gasteiger partial charge in [-0.25, -0.2) is 0 Å². The van der Waals surface area contributed by atoms with Crippen LogP contribution in [0.5, 0.6) is 5.75 Å². The fraction of sp³-hybridized carbons (Fsp3) is 0.455. The molecule has 2 rings (SSSR count). The van der Waals surface area contributed by atoms with Crippen LogP contribution in [0.15, 0.2) is 23.1 Å². The van der Waals surface area contributed by atoms with E-state index in [0.29, 0.717) is 0 Å². The molecule has 0 bridgehead atoms. The summed E-state index contributed by atoms with van der Waals surface area (Å²) in [5, 5.41) is 1.09. The number of rotatable bonds is 2. The third kappa shape index (κ3) is 2.09. The van der Waals surface area contributed by atoms with Crippen molar-refractivity contribution in [3.05, 3.63) is 23.8 Å². The average Bonchev–Trinajstić information content (AvgIpc) is 2.27. The highest BCUT2D eigenvalue weighted by atomic mass is 79.9. The van der Waals surface area contributed by atoms with Crippen LogP contribution in [0.2, 0.25) is 0 Å². The summed E-state index contributed by atoms with van der Waals surface area (Å²) in [6.07, 6.45) is 1.17. The molecule has 1 aromatic carbocycles. The van der Waals surface area contributed by atoms with Gasteiger partial charge in [0.15, 0.2) is 0 Å². The molecular weight excluding hydrogens is 260 g/mol. The molecule has 3 heteroatoms. The summed E-state index contributed by atoms with van der Waals surface area (Å²) >= 11 is 5.51. The van der Waals surface area contributed by atoms with E-state index in [1.807, 2.05) is 17.8 Å². The second kappa shape index (κ2) is 4.58. The highest BCUT2D eigenvalue weighted by molar-refractivity contribution is 9.09. The van der Waals surface area contributed by atoms with Gasteiger partial charge in [-0.1, -0.05) is 15.9 Å². The number of alkyl halides is 1. The first-order chi connectivity index (χ1) is 6.83. The van der Waals surface area contributed by atoms with Gasteiger partial charge in [-0.05, 0) is 36.1 Å². The molecule has 0 radical (unpaired) electrons. The van der Waals surface area contributed by atoms with Crippen molar-refractivity contribution >= 4 is 27.7 Å². The molecule has 1 unspecified atom stereocenters. The highest BCUT2D eigenvalue weighted by Crippen LogP contribution is 2.35. The normalized spacial score (nSPS) is 20.3. The van der Waals surface area contributed by atoms with E-state index < -0.39 is 0 Å². The monoisotopic (exact) mass is 272 g/mol. The maximum atomic E-state index is 5.23. The number of ether oxygens (including phenoxy) is 1. The van der Waals surface area contributed by atoms with Crippen LogP contribution in [0.1, 0.15) is 5.56 Å². The largest absolute Gasteiger partial charge is 0.497 e. The van der Waals surface area contributed by atoms with Gasteiger partial charge in [0.2, 0.25) is 0 Å². The van der Waals surface area contributed by atoms with Crippen molar-refractivity contribution in [1.29, 1.82) is 0 Å². The summed E-state index contributed by atoms with van der Waals surface area (Å²) in [6.45, 7) is 0. The van der Waals surface area contributed by atoms with Crippen LogP contribution in [0.3, 0.4) is 0 Å². The van der Waals surface area contributed by atoms with Gasteiger partial charge in [0.25, 0.3) is 0 Å². The average molecular weight is 273 g/mol. The molecular formula is C11H13BrOS. The topological polar surface area (TPSA) is 9.23 Å². The zero-order chi connectivity index (χ0) is 9.97. The Labute approximate surface area is 97.4 Å². The van der Waals surface area contributed by atoms with Gasteiger partial charge in [-0.2, -0.15) is 0 Å². The van der Waals surface area contributed by atoms with Crippen molar-refractivity contribution in [3.8, 4) is 5.75 Å². The Balaban J connectivity index is 2.25. The van der Waals surface area contributed by atoms with Gasteiger partial charge in [-0.3, -0.25) is 0 Å². The van der Waals surface area contributed by atoms with Crippen LogP contribution in [-0.2, 0) is 6.42 Å². The van der Waals surface area contributed by atoms with Gasteiger partial charge >= 0.3 is 0 Å². The van der Waals surface area contributed by atoms with E-state index >= 15 is 0 Å².